The first-order valence-corrected chi connectivity index (χ1v) is 24.7. The Labute approximate surface area is 431 Å². The van der Waals surface area contributed by atoms with E-state index in [2.05, 4.69) is 57.2 Å². The molecule has 74 heavy (non-hydrogen) atoms. The van der Waals surface area contributed by atoms with Gasteiger partial charge in [-0.1, -0.05) is 64.4 Å². The van der Waals surface area contributed by atoms with Gasteiger partial charge >= 0.3 is 5.97 Å². The van der Waals surface area contributed by atoms with Crippen LogP contribution in [0.5, 0.6) is 0 Å². The summed E-state index contributed by atoms with van der Waals surface area (Å²) < 4.78 is 0. The lowest BCUT2D eigenvalue weighted by Gasteiger charge is -2.29. The van der Waals surface area contributed by atoms with Crippen LogP contribution < -0.4 is 71.6 Å². The van der Waals surface area contributed by atoms with Crippen molar-refractivity contribution in [2.45, 2.75) is 141 Å². The highest BCUT2D eigenvalue weighted by molar-refractivity contribution is 6.00. The number of H-pyrrole nitrogens is 1. The average molecular weight is 1040 g/mol. The molecule has 21 N–H and O–H groups in total. The van der Waals surface area contributed by atoms with Gasteiger partial charge in [-0.15, -0.1) is 0 Å². The van der Waals surface area contributed by atoms with E-state index < -0.39 is 101 Å². The van der Waals surface area contributed by atoms with Gasteiger partial charge in [0.2, 0.25) is 41.4 Å². The van der Waals surface area contributed by atoms with Crippen LogP contribution in [-0.4, -0.2) is 136 Å². The normalized spacial score (nSPS) is 14.5. The summed E-state index contributed by atoms with van der Waals surface area (Å²) in [6.45, 7) is 8.94. The number of nitrogens with one attached hydrogen (secondary N) is 8. The van der Waals surface area contributed by atoms with Crippen LogP contribution in [-0.2, 0) is 44.8 Å². The number of aromatic nitrogens is 2. The van der Waals surface area contributed by atoms with Crippen molar-refractivity contribution in [3.63, 3.8) is 0 Å². The van der Waals surface area contributed by atoms with E-state index in [0.717, 1.165) is 0 Å². The molecule has 0 radical (unpaired) electrons. The Balaban J connectivity index is 2.44. The Bertz CT molecular complexity index is 2220. The Kier molecular flexibility index (Phi) is 28.0. The highest BCUT2D eigenvalue weighted by Gasteiger charge is 2.35. The molecule has 26 heteroatoms. The largest absolute Gasteiger partial charge is 0.477 e. The Morgan fingerprint density at radius 3 is 1.66 bits per heavy atom. The lowest BCUT2D eigenvalue weighted by atomic mass is 9.96. The summed E-state index contributed by atoms with van der Waals surface area (Å²) in [5.41, 5.74) is 34.6. The first kappa shape index (κ1) is 62.5. The van der Waals surface area contributed by atoms with Crippen LogP contribution in [0.3, 0.4) is 0 Å². The molecule has 410 valence electrons. The Hall–Kier alpha value is -7.61. The van der Waals surface area contributed by atoms with E-state index in [-0.39, 0.29) is 75.9 Å². The first-order chi connectivity index (χ1) is 35.1. The van der Waals surface area contributed by atoms with Crippen LogP contribution >= 0.6 is 0 Å². The minimum Gasteiger partial charge on any atom is -0.477 e. The highest BCUT2D eigenvalue weighted by atomic mass is 16.4. The van der Waals surface area contributed by atoms with Gasteiger partial charge < -0.3 is 81.7 Å². The van der Waals surface area contributed by atoms with Gasteiger partial charge in [-0.05, 0) is 88.3 Å². The number of aliphatic imine (C=N–C) groups is 2. The monoisotopic (exact) mass is 1040 g/mol. The number of aliphatic carboxylic acids is 1. The molecule has 1 aromatic heterocycles. The van der Waals surface area contributed by atoms with Crippen LogP contribution in [0.1, 0.15) is 104 Å². The molecular weight excluding hydrogens is 959 g/mol. The molecule has 2 aromatic rings. The predicted molar refractivity (Wildman–Crippen MR) is 279 cm³/mol. The standard InChI is InChI=1S/C48H79N17O9/c1-6-28(4)38(45(72)64-37(46(73)74)23-30-14-8-7-9-15-30)65-44(71)36(22-27(2)3)63-43(70)35(18-13-21-57-48(53)54)62-42(69)34(17-12-20-56-47(51)52)61-41(68)33(16-10-11-19-49)60-39(66)29(5)59-40(67)32(50)24-31-25-55-26-58-31/h7-9,14-15,23,25-29,32-36,38H,6,10-13,16-22,24,49-50H2,1-5H3,(H,55,58)(H,59,67)(H,60,66)(H,61,68)(H,62,69)(H,63,70)(H,64,72)(H,65,71)(H,73,74)(H4,51,52,56)(H4,53,54,57)/b37-23-/t28-,29-,32-,33-,34-,35-,36-,38-/m0/s1. The minimum atomic E-state index is -1.41. The number of hydrogen-bond donors (Lipinski definition) is 15. The number of rotatable bonds is 34. The molecule has 0 saturated carbocycles. The van der Waals surface area contributed by atoms with Gasteiger partial charge in [0, 0.05) is 31.4 Å². The van der Waals surface area contributed by atoms with Gasteiger partial charge in [-0.2, -0.15) is 0 Å². The molecule has 2 rings (SSSR count). The van der Waals surface area contributed by atoms with Gasteiger partial charge in [0.15, 0.2) is 11.9 Å². The molecule has 0 spiro atoms. The summed E-state index contributed by atoms with van der Waals surface area (Å²) in [5, 5.41) is 28.4. The fraction of sp³-hybridized carbons (Fsp3) is 0.562. The molecule has 1 aromatic carbocycles. The van der Waals surface area contributed by atoms with Crippen molar-refractivity contribution in [3.05, 3.63) is 59.8 Å². The maximum atomic E-state index is 14.4. The zero-order chi connectivity index (χ0) is 55.3. The molecular formula is C48H79N17O9. The van der Waals surface area contributed by atoms with Crippen molar-refractivity contribution in [1.82, 2.24) is 47.2 Å². The molecule has 0 aliphatic heterocycles. The third-order valence-corrected chi connectivity index (χ3v) is 11.6. The summed E-state index contributed by atoms with van der Waals surface area (Å²) in [5.74, 6) is -7.78. The number of imidazole rings is 1. The molecule has 0 saturated heterocycles. The topological polar surface area (TPSA) is 451 Å². The third kappa shape index (κ3) is 23.7. The van der Waals surface area contributed by atoms with Gasteiger partial charge in [0.1, 0.15) is 41.9 Å². The molecule has 0 fully saturated rings. The van der Waals surface area contributed by atoms with Gasteiger partial charge in [-0.3, -0.25) is 43.5 Å². The lowest BCUT2D eigenvalue weighted by Crippen LogP contribution is -2.60. The number of carboxylic acids is 1. The van der Waals surface area contributed by atoms with Crippen molar-refractivity contribution >= 4 is 65.3 Å². The highest BCUT2D eigenvalue weighted by Crippen LogP contribution is 2.14. The third-order valence-electron chi connectivity index (χ3n) is 11.6. The Morgan fingerprint density at radius 1 is 0.676 bits per heavy atom. The molecule has 0 aliphatic carbocycles. The molecule has 0 aliphatic rings. The second-order valence-corrected chi connectivity index (χ2v) is 18.3. The number of carbonyl (C=O) groups is 8. The molecule has 8 atom stereocenters. The average Bonchev–Trinajstić information content (AvgIpc) is 3.86. The zero-order valence-electron chi connectivity index (χ0n) is 43.0. The van der Waals surface area contributed by atoms with Gasteiger partial charge in [0.05, 0.1) is 12.4 Å². The molecule has 26 nitrogen and oxygen atoms in total. The van der Waals surface area contributed by atoms with Crippen LogP contribution in [0, 0.1) is 11.8 Å². The van der Waals surface area contributed by atoms with E-state index in [0.29, 0.717) is 37.1 Å². The summed E-state index contributed by atoms with van der Waals surface area (Å²) in [6, 6.07) is -0.0916. The van der Waals surface area contributed by atoms with E-state index in [1.54, 1.807) is 44.2 Å². The predicted octanol–water partition coefficient (Wildman–Crippen LogP) is -2.22. The van der Waals surface area contributed by atoms with Crippen LogP contribution in [0.25, 0.3) is 6.08 Å². The van der Waals surface area contributed by atoms with Gasteiger partial charge in [0.25, 0.3) is 0 Å². The van der Waals surface area contributed by atoms with Crippen LogP contribution in [0.2, 0.25) is 0 Å². The number of carbonyl (C=O) groups excluding carboxylic acids is 7. The van der Waals surface area contributed by atoms with Crippen molar-refractivity contribution < 1.29 is 43.5 Å². The quantitative estimate of drug-likeness (QED) is 0.0153. The molecule has 0 unspecified atom stereocenters. The van der Waals surface area contributed by atoms with Crippen molar-refractivity contribution in [2.75, 3.05) is 19.6 Å². The number of nitrogens with two attached hydrogens (primary N) is 6. The fourth-order valence-electron chi connectivity index (χ4n) is 7.27. The minimum absolute atomic E-state index is 0.0532. The number of aromatic amines is 1. The molecule has 7 amide bonds. The van der Waals surface area contributed by atoms with Crippen LogP contribution in [0.4, 0.5) is 0 Å². The summed E-state index contributed by atoms with van der Waals surface area (Å²) in [6.07, 6.45) is 6.04. The van der Waals surface area contributed by atoms with Crippen LogP contribution in [0.15, 0.2) is 58.5 Å². The molecule has 0 bridgehead atoms. The number of carboxylic acid groups (broad SMARTS) is 1. The number of guanidine groups is 2. The van der Waals surface area contributed by atoms with Crippen molar-refractivity contribution in [1.29, 1.82) is 0 Å². The zero-order valence-corrected chi connectivity index (χ0v) is 43.0. The van der Waals surface area contributed by atoms with Gasteiger partial charge in [-0.25, -0.2) is 9.78 Å². The van der Waals surface area contributed by atoms with Crippen molar-refractivity contribution in [2.24, 2.45) is 56.2 Å². The Morgan fingerprint density at radius 2 is 1.19 bits per heavy atom. The summed E-state index contributed by atoms with van der Waals surface area (Å²) in [4.78, 5) is 124. The summed E-state index contributed by atoms with van der Waals surface area (Å²) in [7, 11) is 0. The van der Waals surface area contributed by atoms with E-state index >= 15 is 0 Å². The smallest absolute Gasteiger partial charge is 0.352 e. The second-order valence-electron chi connectivity index (χ2n) is 18.3. The van der Waals surface area contributed by atoms with Crippen molar-refractivity contribution in [3.8, 4) is 0 Å². The van der Waals surface area contributed by atoms with E-state index in [4.69, 9.17) is 34.4 Å². The van der Waals surface area contributed by atoms with E-state index in [1.165, 1.54) is 25.5 Å². The summed E-state index contributed by atoms with van der Waals surface area (Å²) >= 11 is 0. The maximum absolute atomic E-state index is 14.4. The second kappa shape index (κ2) is 33.2. The fourth-order valence-corrected chi connectivity index (χ4v) is 7.27. The number of unbranched alkanes of at least 4 members (excludes halogenated alkanes) is 1. The lowest BCUT2D eigenvalue weighted by molar-refractivity contribution is -0.136. The number of benzene rings is 1. The SMILES string of the molecule is CC[C@H](C)[C@H](NC(=O)[C@H](CC(C)C)NC(=O)[C@H](CCCN=C(N)N)NC(=O)[C@H](CCCN=C(N)N)NC(=O)[C@H](CCCCN)NC(=O)[C@H](C)NC(=O)[C@@H](N)Cc1cnc[nH]1)C(=O)N/C(=C\c1ccccc1)C(=O)O. The molecule has 1 heterocycles. The number of nitrogens with zero attached hydrogens (tertiary/aromatic N) is 3. The maximum Gasteiger partial charge on any atom is 0.352 e. The van der Waals surface area contributed by atoms with E-state index in [1.807, 2.05) is 13.8 Å². The first-order valence-electron chi connectivity index (χ1n) is 24.7. The van der Waals surface area contributed by atoms with E-state index in [9.17, 15) is 43.5 Å². The number of amides is 7. The number of hydrogen-bond acceptors (Lipinski definition) is 13.